The molecule has 0 fully saturated rings. The van der Waals surface area contributed by atoms with E-state index in [1.807, 2.05) is 6.92 Å². The highest BCUT2D eigenvalue weighted by atomic mass is 16.4. The van der Waals surface area contributed by atoms with Crippen molar-refractivity contribution in [3.63, 3.8) is 0 Å². The minimum Gasteiger partial charge on any atom is -0.478 e. The van der Waals surface area contributed by atoms with Crippen LogP contribution in [-0.4, -0.2) is 17.0 Å². The number of aromatic carboxylic acids is 1. The lowest BCUT2D eigenvalue weighted by atomic mass is 9.87. The number of benzene rings is 1. The quantitative estimate of drug-likeness (QED) is 0.777. The van der Waals surface area contributed by atoms with E-state index >= 15 is 0 Å². The monoisotopic (exact) mass is 219 g/mol. The van der Waals surface area contributed by atoms with Gasteiger partial charge in [-0.1, -0.05) is 13.0 Å². The number of carboxylic acids is 1. The van der Waals surface area contributed by atoms with Crippen molar-refractivity contribution in [3.8, 4) is 0 Å². The minimum atomic E-state index is -0.949. The van der Waals surface area contributed by atoms with Gasteiger partial charge in [-0.2, -0.15) is 0 Å². The van der Waals surface area contributed by atoms with Gasteiger partial charge in [0.05, 0.1) is 11.0 Å². The highest BCUT2D eigenvalue weighted by molar-refractivity contribution is 5.88. The summed E-state index contributed by atoms with van der Waals surface area (Å²) in [5, 5.41) is 8.86. The first kappa shape index (κ1) is 10.7. The van der Waals surface area contributed by atoms with Gasteiger partial charge >= 0.3 is 5.97 Å². The summed E-state index contributed by atoms with van der Waals surface area (Å²) in [7, 11) is 0. The number of hydrogen-bond donors (Lipinski definition) is 2. The average molecular weight is 219 g/mol. The number of nitrogens with two attached hydrogens (primary N) is 1. The summed E-state index contributed by atoms with van der Waals surface area (Å²) in [4.78, 5) is 22.1. The Hall–Kier alpha value is -1.84. The Morgan fingerprint density at radius 1 is 1.31 bits per heavy atom. The number of rotatable bonds is 2. The molecule has 0 spiro atoms. The number of primary amides is 1. The van der Waals surface area contributed by atoms with Gasteiger partial charge in [-0.05, 0) is 36.1 Å². The summed E-state index contributed by atoms with van der Waals surface area (Å²) in [6.45, 7) is 1.82. The van der Waals surface area contributed by atoms with Crippen LogP contribution in [0.1, 0.15) is 28.4 Å². The molecule has 0 saturated heterocycles. The van der Waals surface area contributed by atoms with Crippen LogP contribution >= 0.6 is 0 Å². The van der Waals surface area contributed by atoms with Crippen molar-refractivity contribution in [2.75, 3.05) is 0 Å². The van der Waals surface area contributed by atoms with Gasteiger partial charge < -0.3 is 10.8 Å². The molecule has 16 heavy (non-hydrogen) atoms. The third kappa shape index (κ3) is 1.56. The van der Waals surface area contributed by atoms with Crippen molar-refractivity contribution >= 4 is 11.9 Å². The lowest BCUT2D eigenvalue weighted by molar-refractivity contribution is -0.126. The van der Waals surface area contributed by atoms with Gasteiger partial charge in [-0.15, -0.1) is 0 Å². The van der Waals surface area contributed by atoms with Crippen molar-refractivity contribution < 1.29 is 14.7 Å². The summed E-state index contributed by atoms with van der Waals surface area (Å²) < 4.78 is 0. The van der Waals surface area contributed by atoms with Gasteiger partial charge in [0, 0.05) is 0 Å². The zero-order chi connectivity index (χ0) is 11.9. The predicted octanol–water partition coefficient (Wildman–Crippen LogP) is 0.975. The molecular weight excluding hydrogens is 206 g/mol. The minimum absolute atomic E-state index is 0.257. The van der Waals surface area contributed by atoms with E-state index < -0.39 is 11.4 Å². The fourth-order valence-corrected chi connectivity index (χ4v) is 2.17. The Morgan fingerprint density at radius 3 is 2.50 bits per heavy atom. The number of carboxylic acid groups (broad SMARTS) is 1. The Morgan fingerprint density at radius 2 is 1.94 bits per heavy atom. The standard InChI is InChI=1S/C12H13NO3/c1-12(11(13)16)5-8-3-2-7(10(14)15)4-9(8)6-12/h2-4H,5-6H2,1H3,(H2,13,16)(H,14,15). The van der Waals surface area contributed by atoms with E-state index in [-0.39, 0.29) is 11.5 Å². The highest BCUT2D eigenvalue weighted by Crippen LogP contribution is 2.36. The molecule has 1 aliphatic carbocycles. The van der Waals surface area contributed by atoms with Crippen LogP contribution in [0.5, 0.6) is 0 Å². The molecule has 0 bridgehead atoms. The van der Waals surface area contributed by atoms with Crippen LogP contribution < -0.4 is 5.73 Å². The molecule has 4 heteroatoms. The number of hydrogen-bond acceptors (Lipinski definition) is 2. The van der Waals surface area contributed by atoms with Gasteiger partial charge in [0.25, 0.3) is 0 Å². The predicted molar refractivity (Wildman–Crippen MR) is 58.1 cm³/mol. The topological polar surface area (TPSA) is 80.4 Å². The van der Waals surface area contributed by atoms with E-state index in [9.17, 15) is 9.59 Å². The highest BCUT2D eigenvalue weighted by Gasteiger charge is 2.38. The first-order valence-electron chi connectivity index (χ1n) is 5.07. The second-order valence-corrected chi connectivity index (χ2v) is 4.57. The van der Waals surface area contributed by atoms with Crippen molar-refractivity contribution in [3.05, 3.63) is 34.9 Å². The fourth-order valence-electron chi connectivity index (χ4n) is 2.17. The van der Waals surface area contributed by atoms with E-state index in [1.54, 1.807) is 18.2 Å². The molecule has 3 N–H and O–H groups in total. The molecule has 1 amide bonds. The van der Waals surface area contributed by atoms with Crippen LogP contribution in [-0.2, 0) is 17.6 Å². The molecular formula is C12H13NO3. The maximum Gasteiger partial charge on any atom is 0.335 e. The van der Waals surface area contributed by atoms with Crippen LogP contribution in [0.25, 0.3) is 0 Å². The smallest absolute Gasteiger partial charge is 0.335 e. The third-order valence-electron chi connectivity index (χ3n) is 3.21. The maximum absolute atomic E-state index is 11.3. The summed E-state index contributed by atoms with van der Waals surface area (Å²) >= 11 is 0. The first-order chi connectivity index (χ1) is 7.42. The van der Waals surface area contributed by atoms with Crippen LogP contribution in [0, 0.1) is 5.41 Å². The van der Waals surface area contributed by atoms with Crippen molar-refractivity contribution in [2.24, 2.45) is 11.1 Å². The Balaban J connectivity index is 2.38. The molecule has 1 aromatic carbocycles. The van der Waals surface area contributed by atoms with E-state index in [2.05, 4.69) is 0 Å². The van der Waals surface area contributed by atoms with E-state index in [0.717, 1.165) is 11.1 Å². The van der Waals surface area contributed by atoms with Crippen LogP contribution in [0.4, 0.5) is 0 Å². The van der Waals surface area contributed by atoms with Gasteiger partial charge in [0.1, 0.15) is 0 Å². The molecule has 0 radical (unpaired) electrons. The number of fused-ring (bicyclic) bond motifs is 1. The molecule has 0 saturated carbocycles. The normalized spacial score (nSPS) is 22.8. The third-order valence-corrected chi connectivity index (χ3v) is 3.21. The summed E-state index contributed by atoms with van der Waals surface area (Å²) in [6, 6.07) is 4.97. The number of amides is 1. The summed E-state index contributed by atoms with van der Waals surface area (Å²) in [5.41, 5.74) is 6.98. The molecule has 84 valence electrons. The van der Waals surface area contributed by atoms with E-state index in [4.69, 9.17) is 10.8 Å². The summed E-state index contributed by atoms with van der Waals surface area (Å²) in [6.07, 6.45) is 1.12. The van der Waals surface area contributed by atoms with Crippen molar-refractivity contribution in [1.82, 2.24) is 0 Å². The number of carbonyl (C=O) groups is 2. The Bertz CT molecular complexity index is 481. The van der Waals surface area contributed by atoms with E-state index in [0.29, 0.717) is 12.8 Å². The Labute approximate surface area is 93.1 Å². The van der Waals surface area contributed by atoms with Crippen molar-refractivity contribution in [2.45, 2.75) is 19.8 Å². The fraction of sp³-hybridized carbons (Fsp3) is 0.333. The molecule has 1 aliphatic rings. The number of carbonyl (C=O) groups excluding carboxylic acids is 1. The molecule has 4 nitrogen and oxygen atoms in total. The second-order valence-electron chi connectivity index (χ2n) is 4.57. The largest absolute Gasteiger partial charge is 0.478 e. The van der Waals surface area contributed by atoms with Crippen LogP contribution in [0.3, 0.4) is 0 Å². The van der Waals surface area contributed by atoms with Gasteiger partial charge in [0.2, 0.25) is 5.91 Å². The Kier molecular flexibility index (Phi) is 2.22. The molecule has 1 unspecified atom stereocenters. The lowest BCUT2D eigenvalue weighted by Gasteiger charge is -2.17. The molecule has 0 aromatic heterocycles. The van der Waals surface area contributed by atoms with Gasteiger partial charge in [-0.25, -0.2) is 4.79 Å². The maximum atomic E-state index is 11.3. The van der Waals surface area contributed by atoms with Gasteiger partial charge in [-0.3, -0.25) is 4.79 Å². The van der Waals surface area contributed by atoms with Crippen molar-refractivity contribution in [1.29, 1.82) is 0 Å². The second kappa shape index (κ2) is 3.33. The summed E-state index contributed by atoms with van der Waals surface area (Å²) in [5.74, 6) is -1.28. The zero-order valence-corrected chi connectivity index (χ0v) is 8.99. The average Bonchev–Trinajstić information content (AvgIpc) is 2.54. The molecule has 0 aliphatic heterocycles. The van der Waals surface area contributed by atoms with Gasteiger partial charge in [0.15, 0.2) is 0 Å². The lowest BCUT2D eigenvalue weighted by Crippen LogP contribution is -2.34. The molecule has 2 rings (SSSR count). The molecule has 1 aromatic rings. The SMILES string of the molecule is CC1(C(N)=O)Cc2ccc(C(=O)O)cc2C1. The molecule has 0 heterocycles. The van der Waals surface area contributed by atoms with Crippen LogP contribution in [0.15, 0.2) is 18.2 Å². The zero-order valence-electron chi connectivity index (χ0n) is 8.99. The van der Waals surface area contributed by atoms with Crippen LogP contribution in [0.2, 0.25) is 0 Å². The van der Waals surface area contributed by atoms with E-state index in [1.165, 1.54) is 0 Å². The molecule has 1 atom stereocenters. The first-order valence-corrected chi connectivity index (χ1v) is 5.07.